The van der Waals surface area contributed by atoms with Gasteiger partial charge in [-0.3, -0.25) is 4.68 Å². The van der Waals surface area contributed by atoms with Gasteiger partial charge in [0.2, 0.25) is 0 Å². The molecule has 0 saturated carbocycles. The molecule has 0 aliphatic rings. The summed E-state index contributed by atoms with van der Waals surface area (Å²) in [5.41, 5.74) is 0.909. The van der Waals surface area contributed by atoms with Crippen LogP contribution in [0.3, 0.4) is 0 Å². The summed E-state index contributed by atoms with van der Waals surface area (Å²) >= 11 is 1.54. The zero-order valence-corrected chi connectivity index (χ0v) is 11.7. The van der Waals surface area contributed by atoms with Gasteiger partial charge >= 0.3 is 0 Å². The van der Waals surface area contributed by atoms with Gasteiger partial charge in [0.15, 0.2) is 0 Å². The first-order valence-corrected chi connectivity index (χ1v) is 6.92. The summed E-state index contributed by atoms with van der Waals surface area (Å²) in [6.07, 6.45) is 2.49. The van der Waals surface area contributed by atoms with E-state index in [4.69, 9.17) is 0 Å². The van der Waals surface area contributed by atoms with E-state index in [2.05, 4.69) is 22.0 Å². The minimum Gasteiger partial charge on any atom is -0.387 e. The highest BCUT2D eigenvalue weighted by Crippen LogP contribution is 2.26. The van der Waals surface area contributed by atoms with Gasteiger partial charge in [-0.2, -0.15) is 5.10 Å². The second-order valence-corrected chi connectivity index (χ2v) is 5.54. The van der Waals surface area contributed by atoms with Crippen LogP contribution in [0.25, 0.3) is 0 Å². The highest BCUT2D eigenvalue weighted by atomic mass is 32.1. The minimum atomic E-state index is -0.545. The molecule has 0 bridgehead atoms. The first-order valence-electron chi connectivity index (χ1n) is 6.10. The lowest BCUT2D eigenvalue weighted by Crippen LogP contribution is -2.10. The van der Waals surface area contributed by atoms with Gasteiger partial charge in [0.1, 0.15) is 12.2 Å². The Kier molecular flexibility index (Phi) is 4.08. The highest BCUT2D eigenvalue weighted by molar-refractivity contribution is 7.11. The first kappa shape index (κ1) is 13.2. The molecule has 18 heavy (non-hydrogen) atoms. The van der Waals surface area contributed by atoms with E-state index in [0.717, 1.165) is 34.4 Å². The SMILES string of the molecule is CCCn1ncnc1CC(O)c1sc(C)nc1C. The topological polar surface area (TPSA) is 63.8 Å². The molecule has 0 radical (unpaired) electrons. The molecule has 5 nitrogen and oxygen atoms in total. The van der Waals surface area contributed by atoms with Crippen LogP contribution in [0, 0.1) is 13.8 Å². The minimum absolute atomic E-state index is 0.489. The summed E-state index contributed by atoms with van der Waals surface area (Å²) in [5.74, 6) is 0.829. The van der Waals surface area contributed by atoms with Gasteiger partial charge in [-0.05, 0) is 20.3 Å². The molecule has 2 aromatic rings. The van der Waals surface area contributed by atoms with Gasteiger partial charge in [-0.1, -0.05) is 6.92 Å². The lowest BCUT2D eigenvalue weighted by Gasteiger charge is -2.09. The number of hydrogen-bond acceptors (Lipinski definition) is 5. The Morgan fingerprint density at radius 2 is 2.22 bits per heavy atom. The molecule has 2 aromatic heterocycles. The van der Waals surface area contributed by atoms with Crippen LogP contribution in [0.4, 0.5) is 0 Å². The van der Waals surface area contributed by atoms with E-state index in [1.54, 1.807) is 17.7 Å². The van der Waals surface area contributed by atoms with E-state index >= 15 is 0 Å². The molecule has 1 unspecified atom stereocenters. The smallest absolute Gasteiger partial charge is 0.138 e. The molecule has 0 aromatic carbocycles. The normalized spacial score (nSPS) is 12.9. The molecule has 0 fully saturated rings. The largest absolute Gasteiger partial charge is 0.387 e. The average Bonchev–Trinajstić information content (AvgIpc) is 2.87. The van der Waals surface area contributed by atoms with Crippen molar-refractivity contribution in [3.05, 3.63) is 27.7 Å². The second-order valence-electron chi connectivity index (χ2n) is 4.30. The van der Waals surface area contributed by atoms with Crippen molar-refractivity contribution < 1.29 is 5.11 Å². The van der Waals surface area contributed by atoms with E-state index in [-0.39, 0.29) is 0 Å². The lowest BCUT2D eigenvalue weighted by atomic mass is 10.2. The molecular formula is C12H18N4OS. The molecule has 1 atom stereocenters. The van der Waals surface area contributed by atoms with Crippen LogP contribution in [-0.4, -0.2) is 24.9 Å². The Bertz CT molecular complexity index is 520. The Balaban J connectivity index is 2.13. The summed E-state index contributed by atoms with van der Waals surface area (Å²) in [4.78, 5) is 9.48. The van der Waals surface area contributed by atoms with Gasteiger partial charge < -0.3 is 5.11 Å². The monoisotopic (exact) mass is 266 g/mol. The van der Waals surface area contributed by atoms with Crippen LogP contribution in [0.1, 0.15) is 40.9 Å². The molecule has 2 rings (SSSR count). The molecular weight excluding hydrogens is 248 g/mol. The summed E-state index contributed by atoms with van der Waals surface area (Å²) in [5, 5.41) is 15.4. The fourth-order valence-electron chi connectivity index (χ4n) is 1.97. The zero-order valence-electron chi connectivity index (χ0n) is 10.9. The van der Waals surface area contributed by atoms with E-state index in [1.807, 2.05) is 18.5 Å². The zero-order chi connectivity index (χ0) is 13.1. The number of nitrogens with zero attached hydrogens (tertiary/aromatic N) is 4. The number of thiazole rings is 1. The predicted octanol–water partition coefficient (Wildman–Crippen LogP) is 2.04. The number of aliphatic hydroxyl groups excluding tert-OH is 1. The van der Waals surface area contributed by atoms with E-state index < -0.39 is 6.10 Å². The number of hydrogen-bond donors (Lipinski definition) is 1. The quantitative estimate of drug-likeness (QED) is 0.899. The van der Waals surface area contributed by atoms with Crippen molar-refractivity contribution in [3.63, 3.8) is 0 Å². The third-order valence-electron chi connectivity index (χ3n) is 2.75. The van der Waals surface area contributed by atoms with Crippen LogP contribution >= 0.6 is 11.3 Å². The summed E-state index contributed by atoms with van der Waals surface area (Å²) < 4.78 is 1.85. The Morgan fingerprint density at radius 3 is 2.83 bits per heavy atom. The van der Waals surface area contributed by atoms with Crippen molar-refractivity contribution in [3.8, 4) is 0 Å². The summed E-state index contributed by atoms with van der Waals surface area (Å²) in [7, 11) is 0. The first-order chi connectivity index (χ1) is 8.61. The maximum Gasteiger partial charge on any atom is 0.138 e. The molecule has 6 heteroatoms. The second kappa shape index (κ2) is 5.58. The van der Waals surface area contributed by atoms with Gasteiger partial charge in [-0.25, -0.2) is 9.97 Å². The van der Waals surface area contributed by atoms with Crippen LogP contribution in [-0.2, 0) is 13.0 Å². The van der Waals surface area contributed by atoms with Gasteiger partial charge in [-0.15, -0.1) is 11.3 Å². The van der Waals surface area contributed by atoms with Crippen LogP contribution in [0.5, 0.6) is 0 Å². The van der Waals surface area contributed by atoms with Crippen LogP contribution < -0.4 is 0 Å². The van der Waals surface area contributed by atoms with Crippen molar-refractivity contribution >= 4 is 11.3 Å². The van der Waals surface area contributed by atoms with E-state index in [1.165, 1.54) is 0 Å². The molecule has 98 valence electrons. The summed E-state index contributed by atoms with van der Waals surface area (Å²) in [6, 6.07) is 0. The maximum absolute atomic E-state index is 10.3. The lowest BCUT2D eigenvalue weighted by molar-refractivity contribution is 0.176. The van der Waals surface area contributed by atoms with Crippen molar-refractivity contribution in [1.82, 2.24) is 19.7 Å². The molecule has 0 amide bonds. The van der Waals surface area contributed by atoms with E-state index in [0.29, 0.717) is 6.42 Å². The predicted molar refractivity (Wildman–Crippen MR) is 70.6 cm³/mol. The third kappa shape index (κ3) is 2.76. The van der Waals surface area contributed by atoms with Crippen molar-refractivity contribution in [2.75, 3.05) is 0 Å². The fourth-order valence-corrected chi connectivity index (χ4v) is 2.88. The number of rotatable bonds is 5. The van der Waals surface area contributed by atoms with Crippen molar-refractivity contribution in [2.24, 2.45) is 0 Å². The molecule has 0 spiro atoms. The van der Waals surface area contributed by atoms with Gasteiger partial charge in [0, 0.05) is 13.0 Å². The molecule has 0 aliphatic carbocycles. The molecule has 2 heterocycles. The van der Waals surface area contributed by atoms with Crippen LogP contribution in [0.2, 0.25) is 0 Å². The van der Waals surface area contributed by atoms with Crippen LogP contribution in [0.15, 0.2) is 6.33 Å². The van der Waals surface area contributed by atoms with Gasteiger partial charge in [0.05, 0.1) is 21.7 Å². The maximum atomic E-state index is 10.3. The Hall–Kier alpha value is -1.27. The standard InChI is InChI=1S/C12H18N4OS/c1-4-5-16-11(13-7-14-16)6-10(17)12-8(2)15-9(3)18-12/h7,10,17H,4-6H2,1-3H3. The Morgan fingerprint density at radius 1 is 1.44 bits per heavy atom. The van der Waals surface area contributed by atoms with Crippen molar-refractivity contribution in [1.29, 1.82) is 0 Å². The molecule has 0 aliphatic heterocycles. The number of aliphatic hydroxyl groups is 1. The van der Waals surface area contributed by atoms with E-state index in [9.17, 15) is 5.11 Å². The highest BCUT2D eigenvalue weighted by Gasteiger charge is 2.17. The number of aryl methyl sites for hydroxylation is 3. The van der Waals surface area contributed by atoms with Crippen molar-refractivity contribution in [2.45, 2.75) is 46.3 Å². The number of aromatic nitrogens is 4. The van der Waals surface area contributed by atoms with Gasteiger partial charge in [0.25, 0.3) is 0 Å². The summed E-state index contributed by atoms with van der Waals surface area (Å²) in [6.45, 7) is 6.81. The molecule has 1 N–H and O–H groups in total. The Labute approximate surface area is 111 Å². The average molecular weight is 266 g/mol. The molecule has 0 saturated heterocycles. The third-order valence-corrected chi connectivity index (χ3v) is 3.92. The fraction of sp³-hybridized carbons (Fsp3) is 0.583.